The number of fused-ring (bicyclic) bond motifs is 1. The first-order chi connectivity index (χ1) is 14.0. The molecule has 29 heavy (non-hydrogen) atoms. The molecule has 3 rings (SSSR count). The zero-order valence-electron chi connectivity index (χ0n) is 16.2. The van der Waals surface area contributed by atoms with Crippen molar-refractivity contribution in [3.8, 4) is 17.6 Å². The topological polar surface area (TPSA) is 119 Å². The molecule has 1 N–H and O–H groups in total. The van der Waals surface area contributed by atoms with Gasteiger partial charge in [-0.2, -0.15) is 15.0 Å². The molecular weight excluding hydrogens is 374 g/mol. The molecule has 0 saturated heterocycles. The number of esters is 1. The van der Waals surface area contributed by atoms with Crippen molar-refractivity contribution in [2.24, 2.45) is 0 Å². The lowest BCUT2D eigenvalue weighted by Crippen LogP contribution is -2.17. The number of nitrogens with one attached hydrogen (secondary N) is 1. The second kappa shape index (κ2) is 8.39. The Labute approximate surface area is 166 Å². The molecule has 0 aliphatic carbocycles. The van der Waals surface area contributed by atoms with Gasteiger partial charge >= 0.3 is 5.97 Å². The number of methoxy groups -OCH3 is 1. The molecule has 0 spiro atoms. The molecule has 0 aliphatic rings. The summed E-state index contributed by atoms with van der Waals surface area (Å²) in [7, 11) is 1.55. The Morgan fingerprint density at radius 2 is 2.14 bits per heavy atom. The van der Waals surface area contributed by atoms with Crippen LogP contribution in [0, 0.1) is 18.3 Å². The standard InChI is InChI=1S/C20H19N5O4/c1-4-29-20(27)14-11-22-25(19(14)24-17(26)8-9-21)16-10-12(2)13-6-5-7-15(28-3)18(13)23-16/h5-7,10-11H,4,8H2,1-3H3,(H,24,26). The van der Waals surface area contributed by atoms with E-state index in [1.807, 2.05) is 19.1 Å². The van der Waals surface area contributed by atoms with E-state index in [4.69, 9.17) is 14.7 Å². The van der Waals surface area contributed by atoms with Gasteiger partial charge in [0.2, 0.25) is 5.91 Å². The number of carbonyl (C=O) groups excluding carboxylic acids is 2. The van der Waals surface area contributed by atoms with Crippen molar-refractivity contribution >= 4 is 28.6 Å². The third-order valence-electron chi connectivity index (χ3n) is 4.19. The van der Waals surface area contributed by atoms with Gasteiger partial charge in [0, 0.05) is 5.39 Å². The van der Waals surface area contributed by atoms with Crippen LogP contribution in [0.25, 0.3) is 16.7 Å². The number of hydrogen-bond donors (Lipinski definition) is 1. The predicted octanol–water partition coefficient (Wildman–Crippen LogP) is 2.77. The number of carbonyl (C=O) groups is 2. The van der Waals surface area contributed by atoms with E-state index in [0.29, 0.717) is 17.1 Å². The number of ether oxygens (including phenoxy) is 2. The van der Waals surface area contributed by atoms with Gasteiger partial charge in [-0.05, 0) is 31.5 Å². The maximum Gasteiger partial charge on any atom is 0.343 e. The average Bonchev–Trinajstić information content (AvgIpc) is 3.11. The van der Waals surface area contributed by atoms with E-state index in [2.05, 4.69) is 15.4 Å². The minimum absolute atomic E-state index is 0.0673. The Balaban J connectivity index is 2.18. The maximum atomic E-state index is 12.3. The van der Waals surface area contributed by atoms with Crippen LogP contribution in [0.5, 0.6) is 5.75 Å². The lowest BCUT2D eigenvalue weighted by molar-refractivity contribution is -0.115. The first-order valence-electron chi connectivity index (χ1n) is 8.86. The van der Waals surface area contributed by atoms with Gasteiger partial charge in [-0.15, -0.1) is 0 Å². The highest BCUT2D eigenvalue weighted by Crippen LogP contribution is 2.29. The number of nitriles is 1. The highest BCUT2D eigenvalue weighted by Gasteiger charge is 2.22. The van der Waals surface area contributed by atoms with Gasteiger partial charge in [-0.1, -0.05) is 12.1 Å². The summed E-state index contributed by atoms with van der Waals surface area (Å²) in [6.45, 7) is 3.76. The second-order valence-electron chi connectivity index (χ2n) is 6.08. The number of para-hydroxylation sites is 1. The zero-order chi connectivity index (χ0) is 21.0. The summed E-state index contributed by atoms with van der Waals surface area (Å²) in [5.74, 6) is -0.163. The number of rotatable bonds is 6. The van der Waals surface area contributed by atoms with Crippen LogP contribution in [0.15, 0.2) is 30.5 Å². The lowest BCUT2D eigenvalue weighted by atomic mass is 10.1. The van der Waals surface area contributed by atoms with Crippen LogP contribution >= 0.6 is 0 Å². The third kappa shape index (κ3) is 3.87. The molecule has 0 unspecified atom stereocenters. The summed E-state index contributed by atoms with van der Waals surface area (Å²) in [6.07, 6.45) is 0.925. The lowest BCUT2D eigenvalue weighted by Gasteiger charge is -2.13. The van der Waals surface area contributed by atoms with E-state index in [1.165, 1.54) is 10.9 Å². The molecule has 0 bridgehead atoms. The van der Waals surface area contributed by atoms with Crippen molar-refractivity contribution in [3.05, 3.63) is 41.6 Å². The summed E-state index contributed by atoms with van der Waals surface area (Å²) < 4.78 is 11.8. The monoisotopic (exact) mass is 393 g/mol. The van der Waals surface area contributed by atoms with Crippen LogP contribution in [0.2, 0.25) is 0 Å². The highest BCUT2D eigenvalue weighted by molar-refractivity contribution is 6.01. The van der Waals surface area contributed by atoms with Crippen LogP contribution in [0.3, 0.4) is 0 Å². The summed E-state index contributed by atoms with van der Waals surface area (Å²) in [5, 5.41) is 16.5. The number of amides is 1. The molecule has 0 fully saturated rings. The first-order valence-corrected chi connectivity index (χ1v) is 8.86. The molecule has 9 nitrogen and oxygen atoms in total. The molecule has 3 aromatic rings. The quantitative estimate of drug-likeness (QED) is 0.640. The van der Waals surface area contributed by atoms with Gasteiger partial charge in [0.15, 0.2) is 11.6 Å². The van der Waals surface area contributed by atoms with Gasteiger partial charge in [0.05, 0.1) is 26.0 Å². The fourth-order valence-electron chi connectivity index (χ4n) is 2.90. The minimum atomic E-state index is -0.638. The van der Waals surface area contributed by atoms with Crippen molar-refractivity contribution in [2.75, 3.05) is 19.0 Å². The minimum Gasteiger partial charge on any atom is -0.494 e. The Hall–Kier alpha value is -3.93. The fourth-order valence-corrected chi connectivity index (χ4v) is 2.90. The molecule has 2 heterocycles. The second-order valence-corrected chi connectivity index (χ2v) is 6.08. The van der Waals surface area contributed by atoms with Gasteiger partial charge in [-0.3, -0.25) is 4.79 Å². The van der Waals surface area contributed by atoms with Crippen LogP contribution in [0.4, 0.5) is 5.82 Å². The smallest absolute Gasteiger partial charge is 0.343 e. The molecule has 9 heteroatoms. The van der Waals surface area contributed by atoms with Crippen molar-refractivity contribution in [1.82, 2.24) is 14.8 Å². The number of anilines is 1. The highest BCUT2D eigenvalue weighted by atomic mass is 16.5. The number of aromatic nitrogens is 3. The summed E-state index contributed by atoms with van der Waals surface area (Å²) >= 11 is 0. The molecule has 0 saturated carbocycles. The Bertz CT molecular complexity index is 1130. The molecule has 0 radical (unpaired) electrons. The number of hydrogen-bond acceptors (Lipinski definition) is 7. The van der Waals surface area contributed by atoms with Crippen LogP contribution in [-0.2, 0) is 9.53 Å². The number of pyridine rings is 1. The first kappa shape index (κ1) is 19.8. The van der Waals surface area contributed by atoms with Crippen molar-refractivity contribution < 1.29 is 19.1 Å². The molecule has 148 valence electrons. The molecular formula is C20H19N5O4. The van der Waals surface area contributed by atoms with Gasteiger partial charge < -0.3 is 14.8 Å². The fraction of sp³-hybridized carbons (Fsp3) is 0.250. The number of aryl methyl sites for hydroxylation is 1. The molecule has 1 aromatic carbocycles. The molecule has 0 atom stereocenters. The summed E-state index contributed by atoms with van der Waals surface area (Å²) in [4.78, 5) is 29.0. The van der Waals surface area contributed by atoms with Crippen LogP contribution in [-0.4, -0.2) is 40.4 Å². The SMILES string of the molecule is CCOC(=O)c1cnn(-c2cc(C)c3cccc(OC)c3n2)c1NC(=O)CC#N. The van der Waals surface area contributed by atoms with Crippen molar-refractivity contribution in [3.63, 3.8) is 0 Å². The van der Waals surface area contributed by atoms with Crippen LogP contribution < -0.4 is 10.1 Å². The largest absolute Gasteiger partial charge is 0.494 e. The number of nitrogens with zero attached hydrogens (tertiary/aromatic N) is 4. The van der Waals surface area contributed by atoms with E-state index in [1.54, 1.807) is 32.2 Å². The Morgan fingerprint density at radius 1 is 1.34 bits per heavy atom. The molecule has 0 aliphatic heterocycles. The maximum absolute atomic E-state index is 12.3. The zero-order valence-corrected chi connectivity index (χ0v) is 16.2. The van der Waals surface area contributed by atoms with Crippen molar-refractivity contribution in [2.45, 2.75) is 20.3 Å². The summed E-state index contributed by atoms with van der Waals surface area (Å²) in [5.41, 5.74) is 1.59. The van der Waals surface area contributed by atoms with E-state index in [0.717, 1.165) is 10.9 Å². The molecule has 1 amide bonds. The van der Waals surface area contributed by atoms with E-state index in [9.17, 15) is 9.59 Å². The normalized spacial score (nSPS) is 10.4. The Morgan fingerprint density at radius 3 is 2.83 bits per heavy atom. The van der Waals surface area contributed by atoms with Crippen molar-refractivity contribution in [1.29, 1.82) is 5.26 Å². The average molecular weight is 393 g/mol. The van der Waals surface area contributed by atoms with Crippen LogP contribution in [0.1, 0.15) is 29.3 Å². The number of benzene rings is 1. The summed E-state index contributed by atoms with van der Waals surface area (Å²) in [6, 6.07) is 9.14. The van der Waals surface area contributed by atoms with Gasteiger partial charge in [0.1, 0.15) is 23.3 Å². The van der Waals surface area contributed by atoms with Gasteiger partial charge in [0.25, 0.3) is 0 Å². The third-order valence-corrected chi connectivity index (χ3v) is 4.19. The predicted molar refractivity (Wildman–Crippen MR) is 105 cm³/mol. The van der Waals surface area contributed by atoms with Gasteiger partial charge in [-0.25, -0.2) is 9.78 Å². The Kier molecular flexibility index (Phi) is 5.74. The van der Waals surface area contributed by atoms with E-state index < -0.39 is 11.9 Å². The molecule has 2 aromatic heterocycles. The van der Waals surface area contributed by atoms with E-state index in [-0.39, 0.29) is 24.4 Å². The van der Waals surface area contributed by atoms with E-state index >= 15 is 0 Å².